The van der Waals surface area contributed by atoms with E-state index in [-0.39, 0.29) is 5.78 Å². The molecule has 0 heterocycles. The molecule has 0 aromatic heterocycles. The van der Waals surface area contributed by atoms with Gasteiger partial charge < -0.3 is 9.64 Å². The standard InChI is InChI=1S/C12H21NO2/c1-4-10(2)13(7-8-15-3)11-5-6-12(14)9-11/h9-10H,4-8H2,1-3H3. The Balaban J connectivity index is 2.63. The first-order valence-electron chi connectivity index (χ1n) is 5.68. The number of nitrogens with zero attached hydrogens (tertiary/aromatic N) is 1. The summed E-state index contributed by atoms with van der Waals surface area (Å²) in [7, 11) is 1.71. The smallest absolute Gasteiger partial charge is 0.157 e. The van der Waals surface area contributed by atoms with Gasteiger partial charge in [0, 0.05) is 37.9 Å². The van der Waals surface area contributed by atoms with Crippen molar-refractivity contribution in [3.05, 3.63) is 11.8 Å². The van der Waals surface area contributed by atoms with Crippen LogP contribution in [0.3, 0.4) is 0 Å². The van der Waals surface area contributed by atoms with E-state index in [1.165, 1.54) is 5.70 Å². The normalized spacial score (nSPS) is 17.8. The fourth-order valence-electron chi connectivity index (χ4n) is 1.87. The third kappa shape index (κ3) is 3.34. The summed E-state index contributed by atoms with van der Waals surface area (Å²) in [5.41, 5.74) is 1.19. The monoisotopic (exact) mass is 211 g/mol. The molecular formula is C12H21NO2. The number of rotatable bonds is 6. The minimum absolute atomic E-state index is 0.260. The second-order valence-corrected chi connectivity index (χ2v) is 4.05. The van der Waals surface area contributed by atoms with Crippen molar-refractivity contribution in [2.45, 2.75) is 39.2 Å². The van der Waals surface area contributed by atoms with Gasteiger partial charge in [0.25, 0.3) is 0 Å². The fourth-order valence-corrected chi connectivity index (χ4v) is 1.87. The molecule has 3 nitrogen and oxygen atoms in total. The van der Waals surface area contributed by atoms with E-state index in [9.17, 15) is 4.79 Å². The zero-order chi connectivity index (χ0) is 11.3. The molecule has 0 aromatic carbocycles. The summed E-state index contributed by atoms with van der Waals surface area (Å²) in [5, 5.41) is 0. The topological polar surface area (TPSA) is 29.5 Å². The van der Waals surface area contributed by atoms with Crippen LogP contribution in [-0.2, 0) is 9.53 Å². The molecule has 3 heteroatoms. The SMILES string of the molecule is CCC(C)N(CCOC)C1=CC(=O)CC1. The number of hydrogen-bond acceptors (Lipinski definition) is 3. The van der Waals surface area contributed by atoms with Crippen molar-refractivity contribution in [2.75, 3.05) is 20.3 Å². The Labute approximate surface area is 92.1 Å². The van der Waals surface area contributed by atoms with Crippen molar-refractivity contribution < 1.29 is 9.53 Å². The summed E-state index contributed by atoms with van der Waals surface area (Å²) in [6.45, 7) is 5.96. The van der Waals surface area contributed by atoms with Crippen LogP contribution in [-0.4, -0.2) is 37.0 Å². The Morgan fingerprint density at radius 1 is 1.53 bits per heavy atom. The molecular weight excluding hydrogens is 190 g/mol. The lowest BCUT2D eigenvalue weighted by Crippen LogP contribution is -2.34. The number of allylic oxidation sites excluding steroid dienone is 2. The van der Waals surface area contributed by atoms with Gasteiger partial charge in [-0.3, -0.25) is 4.79 Å². The molecule has 1 atom stereocenters. The van der Waals surface area contributed by atoms with E-state index in [0.29, 0.717) is 12.5 Å². The summed E-state index contributed by atoms with van der Waals surface area (Å²) in [6, 6.07) is 0.484. The third-order valence-corrected chi connectivity index (χ3v) is 2.98. The zero-order valence-electron chi connectivity index (χ0n) is 9.95. The molecule has 0 saturated carbocycles. The Morgan fingerprint density at radius 2 is 2.27 bits per heavy atom. The first-order chi connectivity index (χ1) is 7.19. The van der Waals surface area contributed by atoms with Crippen molar-refractivity contribution in [1.82, 2.24) is 4.90 Å². The van der Waals surface area contributed by atoms with E-state index >= 15 is 0 Å². The summed E-state index contributed by atoms with van der Waals surface area (Å²) >= 11 is 0. The van der Waals surface area contributed by atoms with Gasteiger partial charge in [-0.2, -0.15) is 0 Å². The lowest BCUT2D eigenvalue weighted by molar-refractivity contribution is -0.114. The highest BCUT2D eigenvalue weighted by molar-refractivity contribution is 5.92. The van der Waals surface area contributed by atoms with E-state index in [4.69, 9.17) is 4.74 Å². The molecule has 0 fully saturated rings. The summed E-state index contributed by atoms with van der Waals surface area (Å²) in [4.78, 5) is 13.5. The number of ketones is 1. The molecule has 0 radical (unpaired) electrons. The lowest BCUT2D eigenvalue weighted by Gasteiger charge is -2.31. The molecule has 1 unspecified atom stereocenters. The van der Waals surface area contributed by atoms with Crippen LogP contribution in [0.5, 0.6) is 0 Å². The number of ether oxygens (including phenoxy) is 1. The van der Waals surface area contributed by atoms with Gasteiger partial charge in [-0.15, -0.1) is 0 Å². The van der Waals surface area contributed by atoms with Crippen molar-refractivity contribution in [3.8, 4) is 0 Å². The second kappa shape index (κ2) is 5.91. The lowest BCUT2D eigenvalue weighted by atomic mass is 10.2. The van der Waals surface area contributed by atoms with Gasteiger partial charge in [0.15, 0.2) is 5.78 Å². The van der Waals surface area contributed by atoms with E-state index in [1.807, 2.05) is 0 Å². The van der Waals surface area contributed by atoms with Gasteiger partial charge in [-0.25, -0.2) is 0 Å². The van der Waals surface area contributed by atoms with E-state index < -0.39 is 0 Å². The van der Waals surface area contributed by atoms with Gasteiger partial charge >= 0.3 is 0 Å². The van der Waals surface area contributed by atoms with Gasteiger partial charge in [0.1, 0.15) is 0 Å². The fraction of sp³-hybridized carbons (Fsp3) is 0.750. The molecule has 0 aliphatic heterocycles. The third-order valence-electron chi connectivity index (χ3n) is 2.98. The first kappa shape index (κ1) is 12.2. The maximum Gasteiger partial charge on any atom is 0.157 e. The Bertz CT molecular complexity index is 248. The maximum absolute atomic E-state index is 11.2. The van der Waals surface area contributed by atoms with Crippen molar-refractivity contribution >= 4 is 5.78 Å². The van der Waals surface area contributed by atoms with Crippen LogP contribution < -0.4 is 0 Å². The van der Waals surface area contributed by atoms with Crippen LogP contribution >= 0.6 is 0 Å². The average Bonchev–Trinajstić information content (AvgIpc) is 2.65. The van der Waals surface area contributed by atoms with Crippen molar-refractivity contribution in [3.63, 3.8) is 0 Å². The highest BCUT2D eigenvalue weighted by Gasteiger charge is 2.20. The van der Waals surface area contributed by atoms with Gasteiger partial charge in [0.05, 0.1) is 6.61 Å². The molecule has 0 bridgehead atoms. The molecule has 15 heavy (non-hydrogen) atoms. The largest absolute Gasteiger partial charge is 0.383 e. The summed E-state index contributed by atoms with van der Waals surface area (Å²) in [5.74, 6) is 0.260. The summed E-state index contributed by atoms with van der Waals surface area (Å²) < 4.78 is 5.10. The molecule has 86 valence electrons. The van der Waals surface area contributed by atoms with Gasteiger partial charge in [-0.1, -0.05) is 6.92 Å². The number of carbonyl (C=O) groups excluding carboxylic acids is 1. The number of methoxy groups -OCH3 is 1. The molecule has 0 N–H and O–H groups in total. The predicted molar refractivity (Wildman–Crippen MR) is 60.7 cm³/mol. The average molecular weight is 211 g/mol. The molecule has 1 rings (SSSR count). The highest BCUT2D eigenvalue weighted by atomic mass is 16.5. The molecule has 1 aliphatic carbocycles. The van der Waals surface area contributed by atoms with Crippen LogP contribution in [0.25, 0.3) is 0 Å². The van der Waals surface area contributed by atoms with Crippen molar-refractivity contribution in [1.29, 1.82) is 0 Å². The highest BCUT2D eigenvalue weighted by Crippen LogP contribution is 2.22. The Morgan fingerprint density at radius 3 is 2.73 bits per heavy atom. The molecule has 0 spiro atoms. The first-order valence-corrected chi connectivity index (χ1v) is 5.68. The predicted octanol–water partition coefficient (Wildman–Crippen LogP) is 1.98. The van der Waals surface area contributed by atoms with Crippen LogP contribution in [0, 0.1) is 0 Å². The molecule has 1 aliphatic rings. The molecule has 0 saturated heterocycles. The molecule has 0 amide bonds. The van der Waals surface area contributed by atoms with E-state index in [2.05, 4.69) is 18.7 Å². The minimum Gasteiger partial charge on any atom is -0.383 e. The number of hydrogen-bond donors (Lipinski definition) is 0. The number of carbonyl (C=O) groups is 1. The Hall–Kier alpha value is -0.830. The molecule has 0 aromatic rings. The zero-order valence-corrected chi connectivity index (χ0v) is 9.95. The van der Waals surface area contributed by atoms with Crippen LogP contribution in [0.1, 0.15) is 33.1 Å². The van der Waals surface area contributed by atoms with Crippen molar-refractivity contribution in [2.24, 2.45) is 0 Å². The minimum atomic E-state index is 0.260. The summed E-state index contributed by atoms with van der Waals surface area (Å²) in [6.07, 6.45) is 4.46. The van der Waals surface area contributed by atoms with Crippen LogP contribution in [0.2, 0.25) is 0 Å². The quantitative estimate of drug-likeness (QED) is 0.673. The van der Waals surface area contributed by atoms with Gasteiger partial charge in [0.2, 0.25) is 0 Å². The van der Waals surface area contributed by atoms with E-state index in [0.717, 1.165) is 26.0 Å². The van der Waals surface area contributed by atoms with Gasteiger partial charge in [-0.05, 0) is 19.8 Å². The maximum atomic E-state index is 11.2. The second-order valence-electron chi connectivity index (χ2n) is 4.05. The van der Waals surface area contributed by atoms with Crippen LogP contribution in [0.4, 0.5) is 0 Å². The van der Waals surface area contributed by atoms with Crippen LogP contribution in [0.15, 0.2) is 11.8 Å². The van der Waals surface area contributed by atoms with E-state index in [1.54, 1.807) is 13.2 Å². The Kier molecular flexibility index (Phi) is 4.82.